The van der Waals surface area contributed by atoms with E-state index in [1.54, 1.807) is 19.3 Å². The highest BCUT2D eigenvalue weighted by atomic mass is 16.2. The Labute approximate surface area is 106 Å². The van der Waals surface area contributed by atoms with Crippen LogP contribution in [0.5, 0.6) is 0 Å². The predicted molar refractivity (Wildman–Crippen MR) is 72.0 cm³/mol. The summed E-state index contributed by atoms with van der Waals surface area (Å²) in [6.07, 6.45) is 3.50. The molecule has 2 aromatic rings. The van der Waals surface area contributed by atoms with Gasteiger partial charge >= 0.3 is 0 Å². The third-order valence-electron chi connectivity index (χ3n) is 2.58. The average molecular weight is 241 g/mol. The van der Waals surface area contributed by atoms with Crippen LogP contribution in [-0.2, 0) is 4.79 Å². The molecule has 3 N–H and O–H groups in total. The van der Waals surface area contributed by atoms with Crippen molar-refractivity contribution in [2.45, 2.75) is 13.0 Å². The Morgan fingerprint density at radius 1 is 1.11 bits per heavy atom. The molecule has 92 valence electrons. The smallest absolute Gasteiger partial charge is 0.240 e. The van der Waals surface area contributed by atoms with E-state index in [0.717, 1.165) is 16.8 Å². The van der Waals surface area contributed by atoms with Crippen molar-refractivity contribution >= 4 is 11.6 Å². The molecule has 0 radical (unpaired) electrons. The average Bonchev–Trinajstić information content (AvgIpc) is 2.40. The molecule has 1 heterocycles. The lowest BCUT2D eigenvalue weighted by Gasteiger charge is -2.08. The van der Waals surface area contributed by atoms with E-state index in [-0.39, 0.29) is 5.91 Å². The predicted octanol–water partition coefficient (Wildman–Crippen LogP) is 2.03. The summed E-state index contributed by atoms with van der Waals surface area (Å²) < 4.78 is 0. The first kappa shape index (κ1) is 12.3. The Bertz CT molecular complexity index is 520. The van der Waals surface area contributed by atoms with Crippen LogP contribution in [0.4, 0.5) is 5.69 Å². The van der Waals surface area contributed by atoms with Crippen molar-refractivity contribution in [2.75, 3.05) is 5.32 Å². The van der Waals surface area contributed by atoms with Crippen LogP contribution in [-0.4, -0.2) is 16.9 Å². The first-order chi connectivity index (χ1) is 8.66. The maximum absolute atomic E-state index is 11.4. The molecule has 1 aromatic heterocycles. The molecule has 1 atom stereocenters. The lowest BCUT2D eigenvalue weighted by Crippen LogP contribution is -2.32. The van der Waals surface area contributed by atoms with Crippen LogP contribution >= 0.6 is 0 Å². The summed E-state index contributed by atoms with van der Waals surface area (Å²) in [6.45, 7) is 1.65. The van der Waals surface area contributed by atoms with E-state index < -0.39 is 6.04 Å². The zero-order valence-corrected chi connectivity index (χ0v) is 10.1. The second kappa shape index (κ2) is 5.42. The van der Waals surface area contributed by atoms with Gasteiger partial charge in [0.1, 0.15) is 0 Å². The van der Waals surface area contributed by atoms with Gasteiger partial charge in [-0.25, -0.2) is 0 Å². The minimum atomic E-state index is -0.509. The summed E-state index contributed by atoms with van der Waals surface area (Å²) in [6, 6.07) is 11.0. The first-order valence-electron chi connectivity index (χ1n) is 5.74. The second-order valence-electron chi connectivity index (χ2n) is 4.09. The van der Waals surface area contributed by atoms with Gasteiger partial charge in [0.25, 0.3) is 0 Å². The van der Waals surface area contributed by atoms with Crippen LogP contribution < -0.4 is 11.1 Å². The third-order valence-corrected chi connectivity index (χ3v) is 2.58. The fourth-order valence-electron chi connectivity index (χ4n) is 1.55. The van der Waals surface area contributed by atoms with E-state index in [9.17, 15) is 4.79 Å². The van der Waals surface area contributed by atoms with Gasteiger partial charge in [0, 0.05) is 18.1 Å². The number of pyridine rings is 1. The van der Waals surface area contributed by atoms with Crippen molar-refractivity contribution in [2.24, 2.45) is 5.73 Å². The highest BCUT2D eigenvalue weighted by Gasteiger charge is 2.07. The lowest BCUT2D eigenvalue weighted by atomic mass is 10.1. The number of carbonyl (C=O) groups excluding carboxylic acids is 1. The van der Waals surface area contributed by atoms with Gasteiger partial charge < -0.3 is 11.1 Å². The molecule has 0 aliphatic heterocycles. The van der Waals surface area contributed by atoms with Crippen LogP contribution in [0.1, 0.15) is 6.92 Å². The maximum atomic E-state index is 11.4. The van der Waals surface area contributed by atoms with Crippen molar-refractivity contribution < 1.29 is 4.79 Å². The molecule has 0 bridgehead atoms. The molecule has 0 aliphatic carbocycles. The van der Waals surface area contributed by atoms with E-state index >= 15 is 0 Å². The number of hydrogen-bond acceptors (Lipinski definition) is 3. The molecule has 4 nitrogen and oxygen atoms in total. The molecule has 0 saturated heterocycles. The topological polar surface area (TPSA) is 68.0 Å². The Morgan fingerprint density at radius 2 is 1.67 bits per heavy atom. The Hall–Kier alpha value is -2.20. The number of nitrogens with zero attached hydrogens (tertiary/aromatic N) is 1. The van der Waals surface area contributed by atoms with E-state index in [1.165, 1.54) is 0 Å². The van der Waals surface area contributed by atoms with E-state index in [4.69, 9.17) is 5.73 Å². The third kappa shape index (κ3) is 2.93. The van der Waals surface area contributed by atoms with Crippen LogP contribution in [0, 0.1) is 0 Å². The molecular formula is C14H15N3O. The number of amides is 1. The van der Waals surface area contributed by atoms with Crippen molar-refractivity contribution in [1.29, 1.82) is 0 Å². The van der Waals surface area contributed by atoms with Crippen molar-refractivity contribution in [1.82, 2.24) is 4.98 Å². The number of carbonyl (C=O) groups is 1. The zero-order chi connectivity index (χ0) is 13.0. The molecule has 4 heteroatoms. The van der Waals surface area contributed by atoms with E-state index in [1.807, 2.05) is 36.4 Å². The van der Waals surface area contributed by atoms with Crippen LogP contribution in [0.25, 0.3) is 11.1 Å². The van der Waals surface area contributed by atoms with Gasteiger partial charge in [0.15, 0.2) is 0 Å². The molecular weight excluding hydrogens is 226 g/mol. The number of nitrogens with two attached hydrogens (primary N) is 1. The minimum absolute atomic E-state index is 0.188. The van der Waals surface area contributed by atoms with Crippen molar-refractivity contribution in [3.63, 3.8) is 0 Å². The monoisotopic (exact) mass is 241 g/mol. The minimum Gasteiger partial charge on any atom is -0.325 e. The number of hydrogen-bond donors (Lipinski definition) is 2. The number of rotatable bonds is 3. The maximum Gasteiger partial charge on any atom is 0.240 e. The summed E-state index contributed by atoms with van der Waals surface area (Å²) in [4.78, 5) is 15.4. The summed E-state index contributed by atoms with van der Waals surface area (Å²) in [5, 5.41) is 2.74. The van der Waals surface area contributed by atoms with Gasteiger partial charge in [-0.2, -0.15) is 0 Å². The molecule has 0 fully saturated rings. The largest absolute Gasteiger partial charge is 0.325 e. The van der Waals surface area contributed by atoms with Crippen LogP contribution in [0.3, 0.4) is 0 Å². The second-order valence-corrected chi connectivity index (χ2v) is 4.09. The van der Waals surface area contributed by atoms with Gasteiger partial charge in [-0.05, 0) is 42.3 Å². The fourth-order valence-corrected chi connectivity index (χ4v) is 1.55. The van der Waals surface area contributed by atoms with Crippen molar-refractivity contribution in [3.05, 3.63) is 48.8 Å². The number of aromatic nitrogens is 1. The molecule has 1 unspecified atom stereocenters. The molecule has 0 saturated carbocycles. The van der Waals surface area contributed by atoms with Gasteiger partial charge in [0.2, 0.25) is 5.91 Å². The SMILES string of the molecule is CC(N)C(=O)Nc1ccc(-c2ccncc2)cc1. The molecule has 1 amide bonds. The Morgan fingerprint density at radius 3 is 2.22 bits per heavy atom. The number of anilines is 1. The fraction of sp³-hybridized carbons (Fsp3) is 0.143. The van der Waals surface area contributed by atoms with E-state index in [2.05, 4.69) is 10.3 Å². The van der Waals surface area contributed by atoms with Gasteiger partial charge in [-0.3, -0.25) is 9.78 Å². The highest BCUT2D eigenvalue weighted by molar-refractivity contribution is 5.94. The number of nitrogens with one attached hydrogen (secondary N) is 1. The molecule has 0 aliphatic rings. The Balaban J connectivity index is 2.13. The lowest BCUT2D eigenvalue weighted by molar-refractivity contribution is -0.117. The normalized spacial score (nSPS) is 11.9. The molecule has 18 heavy (non-hydrogen) atoms. The van der Waals surface area contributed by atoms with E-state index in [0.29, 0.717) is 0 Å². The summed E-state index contributed by atoms with van der Waals surface area (Å²) >= 11 is 0. The van der Waals surface area contributed by atoms with Gasteiger partial charge in [-0.15, -0.1) is 0 Å². The van der Waals surface area contributed by atoms with Crippen molar-refractivity contribution in [3.8, 4) is 11.1 Å². The molecule has 2 rings (SSSR count). The zero-order valence-electron chi connectivity index (χ0n) is 10.1. The summed E-state index contributed by atoms with van der Waals surface area (Å²) in [7, 11) is 0. The van der Waals surface area contributed by atoms with Crippen LogP contribution in [0.2, 0.25) is 0 Å². The number of benzene rings is 1. The standard InChI is InChI=1S/C14H15N3O/c1-10(15)14(18)17-13-4-2-11(3-5-13)12-6-8-16-9-7-12/h2-10H,15H2,1H3,(H,17,18). The van der Waals surface area contributed by atoms with Gasteiger partial charge in [0.05, 0.1) is 6.04 Å². The first-order valence-corrected chi connectivity index (χ1v) is 5.74. The summed E-state index contributed by atoms with van der Waals surface area (Å²) in [5.74, 6) is -0.188. The van der Waals surface area contributed by atoms with Gasteiger partial charge in [-0.1, -0.05) is 12.1 Å². The molecule has 1 aromatic carbocycles. The quantitative estimate of drug-likeness (QED) is 0.864. The van der Waals surface area contributed by atoms with Crippen LogP contribution in [0.15, 0.2) is 48.8 Å². The molecule has 0 spiro atoms. The highest BCUT2D eigenvalue weighted by Crippen LogP contribution is 2.20. The Kier molecular flexibility index (Phi) is 3.69. The summed E-state index contributed by atoms with van der Waals surface area (Å²) in [5.41, 5.74) is 8.40.